The molecule has 176 valence electrons. The molecule has 2 saturated heterocycles. The fourth-order valence-electron chi connectivity index (χ4n) is 4.27. The van der Waals surface area contributed by atoms with E-state index in [0.29, 0.717) is 44.3 Å². The summed E-state index contributed by atoms with van der Waals surface area (Å²) in [6.45, 7) is 10.1. The number of aryl methyl sites for hydroxylation is 1. The molecule has 1 atom stereocenters. The van der Waals surface area contributed by atoms with Crippen molar-refractivity contribution in [3.05, 3.63) is 18.2 Å². The number of aromatic nitrogens is 2. The number of thioether (sulfide) groups is 1. The van der Waals surface area contributed by atoms with Crippen LogP contribution in [0, 0.1) is 5.92 Å². The molecule has 1 aromatic heterocycles. The molecule has 32 heavy (non-hydrogen) atoms. The van der Waals surface area contributed by atoms with Gasteiger partial charge in [0.2, 0.25) is 15.9 Å². The number of hydrogen-bond donors (Lipinski definition) is 0. The largest absolute Gasteiger partial charge is 0.379 e. The second kappa shape index (κ2) is 9.70. The summed E-state index contributed by atoms with van der Waals surface area (Å²) in [7, 11) is -3.58. The summed E-state index contributed by atoms with van der Waals surface area (Å²) in [5.74, 6) is 0.821. The quantitative estimate of drug-likeness (QED) is 0.591. The molecule has 0 radical (unpaired) electrons. The Morgan fingerprint density at radius 2 is 1.91 bits per heavy atom. The van der Waals surface area contributed by atoms with Crippen molar-refractivity contribution in [3.63, 3.8) is 0 Å². The van der Waals surface area contributed by atoms with Crippen LogP contribution >= 0.6 is 11.8 Å². The molecule has 0 saturated carbocycles. The third-order valence-corrected chi connectivity index (χ3v) is 9.31. The van der Waals surface area contributed by atoms with Crippen LogP contribution < -0.4 is 0 Å². The number of ether oxygens (including phenoxy) is 1. The lowest BCUT2D eigenvalue weighted by Crippen LogP contribution is -2.41. The molecular formula is C22H32N4O4S2. The van der Waals surface area contributed by atoms with Crippen LogP contribution in [0.25, 0.3) is 11.0 Å². The number of fused-ring (bicyclic) bond motifs is 1. The highest BCUT2D eigenvalue weighted by Gasteiger charge is 2.29. The summed E-state index contributed by atoms with van der Waals surface area (Å²) in [5.41, 5.74) is 1.51. The molecule has 10 heteroatoms. The predicted molar refractivity (Wildman–Crippen MR) is 125 cm³/mol. The summed E-state index contributed by atoms with van der Waals surface area (Å²) < 4.78 is 34.9. The first kappa shape index (κ1) is 23.5. The Balaban J connectivity index is 1.56. The van der Waals surface area contributed by atoms with Gasteiger partial charge in [-0.3, -0.25) is 4.79 Å². The first-order valence-electron chi connectivity index (χ1n) is 11.3. The first-order chi connectivity index (χ1) is 15.3. The lowest BCUT2D eigenvalue weighted by atomic mass is 9.99. The van der Waals surface area contributed by atoms with E-state index in [0.717, 1.165) is 36.6 Å². The molecule has 0 unspecified atom stereocenters. The van der Waals surface area contributed by atoms with Gasteiger partial charge in [0.1, 0.15) is 0 Å². The number of sulfonamides is 1. The highest BCUT2D eigenvalue weighted by atomic mass is 32.2. The van der Waals surface area contributed by atoms with Crippen molar-refractivity contribution in [2.45, 2.75) is 55.5 Å². The average Bonchev–Trinajstić information content (AvgIpc) is 3.15. The normalized spacial score (nSPS) is 20.0. The van der Waals surface area contributed by atoms with E-state index in [-0.39, 0.29) is 16.1 Å². The third-order valence-electron chi connectivity index (χ3n) is 6.33. The Kier molecular flexibility index (Phi) is 7.14. The Bertz CT molecular complexity index is 1070. The smallest absolute Gasteiger partial charge is 0.243 e. The number of morpholine rings is 1. The van der Waals surface area contributed by atoms with Crippen LogP contribution in [0.2, 0.25) is 0 Å². The minimum Gasteiger partial charge on any atom is -0.379 e. The van der Waals surface area contributed by atoms with E-state index in [9.17, 15) is 13.2 Å². The molecule has 0 aliphatic carbocycles. The van der Waals surface area contributed by atoms with Gasteiger partial charge in [0, 0.05) is 32.7 Å². The van der Waals surface area contributed by atoms with Crippen LogP contribution in [-0.2, 0) is 26.1 Å². The van der Waals surface area contributed by atoms with Crippen molar-refractivity contribution in [1.29, 1.82) is 0 Å². The number of hydrogen-bond acceptors (Lipinski definition) is 6. The maximum absolute atomic E-state index is 13.0. The molecule has 2 aliphatic heterocycles. The Labute approximate surface area is 194 Å². The van der Waals surface area contributed by atoms with E-state index in [2.05, 4.69) is 6.92 Å². The zero-order valence-electron chi connectivity index (χ0n) is 19.0. The lowest BCUT2D eigenvalue weighted by Gasteiger charge is -2.32. The fourth-order valence-corrected chi connectivity index (χ4v) is 6.77. The van der Waals surface area contributed by atoms with E-state index in [1.54, 1.807) is 12.1 Å². The van der Waals surface area contributed by atoms with E-state index >= 15 is 0 Å². The van der Waals surface area contributed by atoms with Crippen LogP contribution in [0.1, 0.15) is 33.6 Å². The summed E-state index contributed by atoms with van der Waals surface area (Å²) in [6, 6.07) is 5.12. The van der Waals surface area contributed by atoms with Crippen molar-refractivity contribution < 1.29 is 17.9 Å². The molecule has 0 bridgehead atoms. The molecule has 0 N–H and O–H groups in total. The Morgan fingerprint density at radius 1 is 1.22 bits per heavy atom. The summed E-state index contributed by atoms with van der Waals surface area (Å²) >= 11 is 1.45. The van der Waals surface area contributed by atoms with Crippen LogP contribution in [0.5, 0.6) is 0 Å². The molecule has 4 rings (SSSR count). The van der Waals surface area contributed by atoms with Gasteiger partial charge in [0.15, 0.2) is 5.16 Å². The van der Waals surface area contributed by atoms with Gasteiger partial charge < -0.3 is 14.2 Å². The van der Waals surface area contributed by atoms with E-state index in [1.807, 2.05) is 29.4 Å². The van der Waals surface area contributed by atoms with Crippen molar-refractivity contribution >= 4 is 38.7 Å². The van der Waals surface area contributed by atoms with Crippen molar-refractivity contribution in [2.75, 3.05) is 39.4 Å². The Morgan fingerprint density at radius 3 is 2.56 bits per heavy atom. The SMILES string of the molecule is CCn1c(S[C@H](C)C(=O)N2CCC(C)CC2)nc2cc(S(=O)(=O)N3CCOCC3)ccc21. The average molecular weight is 481 g/mol. The zero-order chi connectivity index (χ0) is 22.9. The highest BCUT2D eigenvalue weighted by molar-refractivity contribution is 8.00. The van der Waals surface area contributed by atoms with Gasteiger partial charge in [-0.2, -0.15) is 4.31 Å². The van der Waals surface area contributed by atoms with Gasteiger partial charge in [-0.25, -0.2) is 13.4 Å². The number of benzene rings is 1. The molecular weight excluding hydrogens is 448 g/mol. The molecule has 1 aromatic carbocycles. The standard InChI is InChI=1S/C22H32N4O4S2/c1-4-26-20-6-5-18(32(28,29)25-11-13-30-14-12-25)15-19(20)23-22(26)31-17(3)21(27)24-9-7-16(2)8-10-24/h5-6,15-17H,4,7-14H2,1-3H3/t17-/m1/s1. The van der Waals surface area contributed by atoms with Crippen LogP contribution in [0.3, 0.4) is 0 Å². The van der Waals surface area contributed by atoms with Crippen LogP contribution in [-0.4, -0.2) is 77.7 Å². The number of likely N-dealkylation sites (tertiary alicyclic amines) is 1. The number of carbonyl (C=O) groups excluding carboxylic acids is 1. The molecule has 8 nitrogen and oxygen atoms in total. The topological polar surface area (TPSA) is 84.7 Å². The lowest BCUT2D eigenvalue weighted by molar-refractivity contribution is -0.131. The molecule has 2 aliphatic rings. The van der Waals surface area contributed by atoms with Crippen LogP contribution in [0.15, 0.2) is 28.3 Å². The molecule has 1 amide bonds. The Hall–Kier alpha value is -1.62. The van der Waals surface area contributed by atoms with Crippen molar-refractivity contribution in [1.82, 2.24) is 18.8 Å². The number of rotatable bonds is 6. The van der Waals surface area contributed by atoms with Gasteiger partial charge in [-0.05, 0) is 50.8 Å². The van der Waals surface area contributed by atoms with E-state index in [1.165, 1.54) is 16.1 Å². The number of imidazole rings is 1. The second-order valence-corrected chi connectivity index (χ2v) is 11.8. The minimum atomic E-state index is -3.58. The number of piperidine rings is 1. The van der Waals surface area contributed by atoms with Crippen molar-refractivity contribution in [3.8, 4) is 0 Å². The zero-order valence-corrected chi connectivity index (χ0v) is 20.6. The maximum atomic E-state index is 13.0. The molecule has 2 aromatic rings. The highest BCUT2D eigenvalue weighted by Crippen LogP contribution is 2.31. The molecule has 2 fully saturated rings. The molecule has 0 spiro atoms. The number of nitrogens with zero attached hydrogens (tertiary/aromatic N) is 4. The fraction of sp³-hybridized carbons (Fsp3) is 0.636. The summed E-state index contributed by atoms with van der Waals surface area (Å²) in [5, 5.41) is 0.497. The third kappa shape index (κ3) is 4.69. The summed E-state index contributed by atoms with van der Waals surface area (Å²) in [4.78, 5) is 19.9. The van der Waals surface area contributed by atoms with Gasteiger partial charge >= 0.3 is 0 Å². The van der Waals surface area contributed by atoms with Crippen molar-refractivity contribution in [2.24, 2.45) is 5.92 Å². The van der Waals surface area contributed by atoms with Gasteiger partial charge in [-0.1, -0.05) is 18.7 Å². The second-order valence-electron chi connectivity index (χ2n) is 8.57. The number of amides is 1. The first-order valence-corrected chi connectivity index (χ1v) is 13.7. The predicted octanol–water partition coefficient (Wildman–Crippen LogP) is 2.82. The van der Waals surface area contributed by atoms with Gasteiger partial charge in [0.25, 0.3) is 0 Å². The monoisotopic (exact) mass is 480 g/mol. The van der Waals surface area contributed by atoms with E-state index < -0.39 is 10.0 Å². The maximum Gasteiger partial charge on any atom is 0.243 e. The summed E-state index contributed by atoms with van der Waals surface area (Å²) in [6.07, 6.45) is 2.11. The molecule has 3 heterocycles. The minimum absolute atomic E-state index is 0.146. The van der Waals surface area contributed by atoms with E-state index in [4.69, 9.17) is 9.72 Å². The van der Waals surface area contributed by atoms with Gasteiger partial charge in [0.05, 0.1) is 34.4 Å². The van der Waals surface area contributed by atoms with Crippen LogP contribution in [0.4, 0.5) is 0 Å². The van der Waals surface area contributed by atoms with Gasteiger partial charge in [-0.15, -0.1) is 0 Å². The number of carbonyl (C=O) groups is 1.